The molecule has 0 bridgehead atoms. The number of thiazole rings is 1. The van der Waals surface area contributed by atoms with Crippen LogP contribution in [0.1, 0.15) is 11.3 Å². The number of imidazole rings is 1. The van der Waals surface area contributed by atoms with Gasteiger partial charge in [-0.2, -0.15) is 0 Å². The van der Waals surface area contributed by atoms with Gasteiger partial charge in [0, 0.05) is 29.4 Å². The Morgan fingerprint density at radius 2 is 2.43 bits per heavy atom. The van der Waals surface area contributed by atoms with E-state index in [2.05, 4.69) is 10.1 Å². The SMILES string of the molecule is O/N=C1/COc2cc(OCc3cn4ccsc4n3)ccc21. The second-order valence-electron chi connectivity index (χ2n) is 4.61. The number of oxime groups is 1. The average Bonchev–Trinajstić information content (AvgIpc) is 3.18. The standard InChI is InChI=1S/C14H11N3O3S/c18-16-12-8-20-13-5-10(1-2-11(12)13)19-7-9-6-17-3-4-21-14(17)15-9/h1-6,18H,7-8H2/b16-12-. The third kappa shape index (κ3) is 2.11. The van der Waals surface area contributed by atoms with Gasteiger partial charge in [0.1, 0.15) is 30.4 Å². The molecule has 0 spiro atoms. The maximum Gasteiger partial charge on any atom is 0.193 e. The molecule has 0 amide bonds. The van der Waals surface area contributed by atoms with Crippen molar-refractivity contribution < 1.29 is 14.7 Å². The van der Waals surface area contributed by atoms with Crippen LogP contribution < -0.4 is 9.47 Å². The highest BCUT2D eigenvalue weighted by Crippen LogP contribution is 2.30. The zero-order chi connectivity index (χ0) is 14.2. The monoisotopic (exact) mass is 301 g/mol. The van der Waals surface area contributed by atoms with Crippen LogP contribution in [0.4, 0.5) is 0 Å². The minimum atomic E-state index is 0.284. The van der Waals surface area contributed by atoms with E-state index in [1.807, 2.05) is 34.3 Å². The number of hydrogen-bond acceptors (Lipinski definition) is 6. The highest BCUT2D eigenvalue weighted by molar-refractivity contribution is 7.15. The maximum atomic E-state index is 8.85. The lowest BCUT2D eigenvalue weighted by Gasteiger charge is -2.05. The van der Waals surface area contributed by atoms with Crippen molar-refractivity contribution in [2.45, 2.75) is 6.61 Å². The van der Waals surface area contributed by atoms with Crippen molar-refractivity contribution in [3.05, 3.63) is 47.2 Å². The summed E-state index contributed by atoms with van der Waals surface area (Å²) in [6, 6.07) is 5.46. The molecule has 0 aliphatic carbocycles. The quantitative estimate of drug-likeness (QED) is 0.596. The van der Waals surface area contributed by atoms with Crippen molar-refractivity contribution in [2.75, 3.05) is 6.61 Å². The third-order valence-corrected chi connectivity index (χ3v) is 4.05. The summed E-state index contributed by atoms with van der Waals surface area (Å²) in [7, 11) is 0. The zero-order valence-corrected chi connectivity index (χ0v) is 11.7. The first-order valence-electron chi connectivity index (χ1n) is 6.35. The molecule has 4 rings (SSSR count). The van der Waals surface area contributed by atoms with Gasteiger partial charge in [-0.05, 0) is 12.1 Å². The molecule has 6 nitrogen and oxygen atoms in total. The van der Waals surface area contributed by atoms with Gasteiger partial charge >= 0.3 is 0 Å². The van der Waals surface area contributed by atoms with Crippen LogP contribution in [0.5, 0.6) is 11.5 Å². The fourth-order valence-corrected chi connectivity index (χ4v) is 2.98. The van der Waals surface area contributed by atoms with E-state index in [1.54, 1.807) is 17.4 Å². The van der Waals surface area contributed by atoms with Crippen molar-refractivity contribution in [1.29, 1.82) is 0 Å². The predicted molar refractivity (Wildman–Crippen MR) is 77.7 cm³/mol. The summed E-state index contributed by atoms with van der Waals surface area (Å²) in [5, 5.41) is 14.1. The van der Waals surface area contributed by atoms with Crippen LogP contribution in [-0.4, -0.2) is 26.9 Å². The summed E-state index contributed by atoms with van der Waals surface area (Å²) in [5.74, 6) is 1.37. The fourth-order valence-electron chi connectivity index (χ4n) is 2.26. The van der Waals surface area contributed by atoms with Crippen LogP contribution >= 0.6 is 11.3 Å². The number of nitrogens with zero attached hydrogens (tertiary/aromatic N) is 3. The summed E-state index contributed by atoms with van der Waals surface area (Å²) in [5.41, 5.74) is 2.21. The Labute approximate surface area is 123 Å². The van der Waals surface area contributed by atoms with Crippen LogP contribution in [0.25, 0.3) is 4.96 Å². The summed E-state index contributed by atoms with van der Waals surface area (Å²) in [6.45, 7) is 0.681. The lowest BCUT2D eigenvalue weighted by atomic mass is 10.1. The summed E-state index contributed by atoms with van der Waals surface area (Å²) in [4.78, 5) is 5.41. The molecule has 0 saturated heterocycles. The smallest absolute Gasteiger partial charge is 0.193 e. The van der Waals surface area contributed by atoms with E-state index < -0.39 is 0 Å². The van der Waals surface area contributed by atoms with Crippen molar-refractivity contribution in [3.8, 4) is 11.5 Å². The Morgan fingerprint density at radius 3 is 3.29 bits per heavy atom. The van der Waals surface area contributed by atoms with E-state index in [4.69, 9.17) is 14.7 Å². The minimum Gasteiger partial charge on any atom is -0.487 e. The van der Waals surface area contributed by atoms with Crippen LogP contribution in [0.2, 0.25) is 0 Å². The molecule has 1 N–H and O–H groups in total. The largest absolute Gasteiger partial charge is 0.487 e. The number of ether oxygens (including phenoxy) is 2. The molecule has 7 heteroatoms. The Morgan fingerprint density at radius 1 is 1.48 bits per heavy atom. The highest BCUT2D eigenvalue weighted by atomic mass is 32.1. The van der Waals surface area contributed by atoms with Crippen molar-refractivity contribution >= 4 is 22.0 Å². The molecule has 0 atom stereocenters. The molecule has 0 fully saturated rings. The summed E-state index contributed by atoms with van der Waals surface area (Å²) < 4.78 is 13.1. The second-order valence-corrected chi connectivity index (χ2v) is 5.48. The maximum absolute atomic E-state index is 8.85. The molecule has 0 radical (unpaired) electrons. The van der Waals surface area contributed by atoms with Gasteiger partial charge in [0.2, 0.25) is 0 Å². The minimum absolute atomic E-state index is 0.284. The Balaban J connectivity index is 1.51. The van der Waals surface area contributed by atoms with E-state index in [-0.39, 0.29) is 6.61 Å². The lowest BCUT2D eigenvalue weighted by Crippen LogP contribution is -2.01. The van der Waals surface area contributed by atoms with Gasteiger partial charge in [0.25, 0.3) is 0 Å². The van der Waals surface area contributed by atoms with E-state index in [9.17, 15) is 0 Å². The van der Waals surface area contributed by atoms with Crippen molar-refractivity contribution in [1.82, 2.24) is 9.38 Å². The number of hydrogen-bond donors (Lipinski definition) is 1. The Kier molecular flexibility index (Phi) is 2.78. The molecule has 0 unspecified atom stereocenters. The van der Waals surface area contributed by atoms with Gasteiger partial charge < -0.3 is 14.7 Å². The normalized spacial score (nSPS) is 15.3. The first kappa shape index (κ1) is 12.2. The van der Waals surface area contributed by atoms with Gasteiger partial charge in [-0.25, -0.2) is 4.98 Å². The lowest BCUT2D eigenvalue weighted by molar-refractivity contribution is 0.299. The summed E-state index contributed by atoms with van der Waals surface area (Å²) in [6.07, 6.45) is 3.92. The third-order valence-electron chi connectivity index (χ3n) is 3.28. The van der Waals surface area contributed by atoms with Gasteiger partial charge in [0.15, 0.2) is 4.96 Å². The van der Waals surface area contributed by atoms with Crippen LogP contribution in [0, 0.1) is 0 Å². The van der Waals surface area contributed by atoms with Gasteiger partial charge in [-0.15, -0.1) is 11.3 Å². The average molecular weight is 301 g/mol. The molecule has 2 aromatic heterocycles. The van der Waals surface area contributed by atoms with E-state index in [1.165, 1.54) is 0 Å². The topological polar surface area (TPSA) is 68.4 Å². The highest BCUT2D eigenvalue weighted by Gasteiger charge is 2.20. The van der Waals surface area contributed by atoms with Gasteiger partial charge in [-0.3, -0.25) is 4.40 Å². The van der Waals surface area contributed by atoms with Gasteiger partial charge in [0.05, 0.1) is 5.69 Å². The number of rotatable bonds is 3. The number of aromatic nitrogens is 2. The van der Waals surface area contributed by atoms with Crippen LogP contribution in [0.3, 0.4) is 0 Å². The molecule has 3 aromatic rings. The molecule has 106 valence electrons. The van der Waals surface area contributed by atoms with E-state index in [0.717, 1.165) is 16.2 Å². The Bertz CT molecular complexity index is 808. The molecule has 1 aromatic carbocycles. The first-order valence-corrected chi connectivity index (χ1v) is 7.23. The Hall–Kier alpha value is -2.54. The fraction of sp³-hybridized carbons (Fsp3) is 0.143. The molecular weight excluding hydrogens is 290 g/mol. The van der Waals surface area contributed by atoms with E-state index >= 15 is 0 Å². The summed E-state index contributed by atoms with van der Waals surface area (Å²) >= 11 is 1.59. The molecule has 1 aliphatic heterocycles. The van der Waals surface area contributed by atoms with E-state index in [0.29, 0.717) is 23.8 Å². The predicted octanol–water partition coefficient (Wildman–Crippen LogP) is 2.55. The zero-order valence-electron chi connectivity index (χ0n) is 10.9. The second kappa shape index (κ2) is 4.78. The van der Waals surface area contributed by atoms with Crippen molar-refractivity contribution in [2.24, 2.45) is 5.16 Å². The van der Waals surface area contributed by atoms with Gasteiger partial charge in [-0.1, -0.05) is 5.16 Å². The number of benzene rings is 1. The molecule has 1 aliphatic rings. The molecule has 21 heavy (non-hydrogen) atoms. The van der Waals surface area contributed by atoms with Crippen LogP contribution in [0.15, 0.2) is 41.1 Å². The number of fused-ring (bicyclic) bond motifs is 2. The molecule has 0 saturated carbocycles. The molecular formula is C14H11N3O3S. The first-order chi connectivity index (χ1) is 10.3. The van der Waals surface area contributed by atoms with Crippen molar-refractivity contribution in [3.63, 3.8) is 0 Å². The molecule has 3 heterocycles. The van der Waals surface area contributed by atoms with Crippen LogP contribution in [-0.2, 0) is 6.61 Å².